The van der Waals surface area contributed by atoms with Gasteiger partial charge in [-0.15, -0.1) is 24.0 Å². The normalized spacial score (nSPS) is 23.1. The molecule has 1 aromatic carbocycles. The molecule has 0 radical (unpaired) electrons. The SMILES string of the molecule is CN(C)C(=O)CN=C(NCCc1cc2ccccc2[nH]1)NC1CC2CCC1C2.I. The van der Waals surface area contributed by atoms with E-state index in [1.807, 2.05) is 6.07 Å². The van der Waals surface area contributed by atoms with Crippen molar-refractivity contribution in [1.82, 2.24) is 20.5 Å². The number of para-hydroxylation sites is 1. The molecule has 2 bridgehead atoms. The van der Waals surface area contributed by atoms with Crippen molar-refractivity contribution in [3.05, 3.63) is 36.0 Å². The van der Waals surface area contributed by atoms with Gasteiger partial charge in [-0.25, -0.2) is 4.99 Å². The number of aliphatic imine (C=N–C) groups is 1. The average molecular weight is 509 g/mol. The summed E-state index contributed by atoms with van der Waals surface area (Å²) in [6.07, 6.45) is 6.16. The van der Waals surface area contributed by atoms with Crippen LogP contribution in [0.3, 0.4) is 0 Å². The summed E-state index contributed by atoms with van der Waals surface area (Å²) in [7, 11) is 3.54. The maximum atomic E-state index is 12.0. The lowest BCUT2D eigenvalue weighted by molar-refractivity contribution is -0.127. The largest absolute Gasteiger partial charge is 0.358 e. The number of H-pyrrole nitrogens is 1. The van der Waals surface area contributed by atoms with E-state index in [1.165, 1.54) is 42.3 Å². The van der Waals surface area contributed by atoms with Gasteiger partial charge in [-0.3, -0.25) is 4.79 Å². The van der Waals surface area contributed by atoms with E-state index >= 15 is 0 Å². The van der Waals surface area contributed by atoms with Crippen LogP contribution in [0.15, 0.2) is 35.3 Å². The third-order valence-corrected chi connectivity index (χ3v) is 6.20. The molecule has 158 valence electrons. The van der Waals surface area contributed by atoms with Gasteiger partial charge in [-0.2, -0.15) is 0 Å². The van der Waals surface area contributed by atoms with Crippen molar-refractivity contribution in [3.63, 3.8) is 0 Å². The zero-order chi connectivity index (χ0) is 19.5. The van der Waals surface area contributed by atoms with Crippen LogP contribution < -0.4 is 10.6 Å². The number of hydrogen-bond donors (Lipinski definition) is 3. The molecule has 7 heteroatoms. The minimum absolute atomic E-state index is 0. The summed E-state index contributed by atoms with van der Waals surface area (Å²) in [5.74, 6) is 2.42. The molecule has 0 spiro atoms. The average Bonchev–Trinajstić information content (AvgIpc) is 3.40. The lowest BCUT2D eigenvalue weighted by Gasteiger charge is -2.25. The summed E-state index contributed by atoms with van der Waals surface area (Å²) in [5.41, 5.74) is 2.38. The summed E-state index contributed by atoms with van der Waals surface area (Å²) in [6, 6.07) is 11.0. The summed E-state index contributed by atoms with van der Waals surface area (Å²) in [5, 5.41) is 8.29. The fraction of sp³-hybridized carbons (Fsp3) is 0.545. The van der Waals surface area contributed by atoms with Crippen LogP contribution >= 0.6 is 24.0 Å². The molecule has 2 aromatic rings. The third-order valence-electron chi connectivity index (χ3n) is 6.20. The van der Waals surface area contributed by atoms with E-state index in [4.69, 9.17) is 0 Å². The van der Waals surface area contributed by atoms with Gasteiger partial charge in [0.25, 0.3) is 0 Å². The molecule has 2 saturated carbocycles. The van der Waals surface area contributed by atoms with E-state index in [2.05, 4.69) is 44.9 Å². The van der Waals surface area contributed by atoms with Gasteiger partial charge in [0, 0.05) is 44.3 Å². The van der Waals surface area contributed by atoms with Crippen LogP contribution in [-0.4, -0.2) is 55.0 Å². The summed E-state index contributed by atoms with van der Waals surface area (Å²) < 4.78 is 0. The van der Waals surface area contributed by atoms with Crippen LogP contribution in [0.25, 0.3) is 10.9 Å². The number of nitrogens with zero attached hydrogens (tertiary/aromatic N) is 2. The fourth-order valence-corrected chi connectivity index (χ4v) is 4.62. The minimum atomic E-state index is 0. The lowest BCUT2D eigenvalue weighted by Crippen LogP contribution is -2.46. The zero-order valence-electron chi connectivity index (χ0n) is 17.3. The molecule has 0 saturated heterocycles. The van der Waals surface area contributed by atoms with E-state index in [1.54, 1.807) is 19.0 Å². The first kappa shape index (κ1) is 21.9. The quantitative estimate of drug-likeness (QED) is 0.319. The van der Waals surface area contributed by atoms with Gasteiger partial charge in [-0.1, -0.05) is 24.6 Å². The number of fused-ring (bicyclic) bond motifs is 3. The molecule has 4 rings (SSSR count). The van der Waals surface area contributed by atoms with Crippen molar-refractivity contribution in [2.45, 2.75) is 38.1 Å². The molecule has 3 unspecified atom stereocenters. The number of aromatic amines is 1. The van der Waals surface area contributed by atoms with Crippen molar-refractivity contribution < 1.29 is 4.79 Å². The predicted octanol–water partition coefficient (Wildman–Crippen LogP) is 3.14. The number of aromatic nitrogens is 1. The highest BCUT2D eigenvalue weighted by atomic mass is 127. The highest BCUT2D eigenvalue weighted by molar-refractivity contribution is 14.0. The summed E-state index contributed by atoms with van der Waals surface area (Å²) in [4.78, 5) is 21.6. The monoisotopic (exact) mass is 509 g/mol. The van der Waals surface area contributed by atoms with Gasteiger partial charge in [0.2, 0.25) is 5.91 Å². The van der Waals surface area contributed by atoms with Crippen molar-refractivity contribution in [1.29, 1.82) is 0 Å². The highest BCUT2D eigenvalue weighted by Crippen LogP contribution is 2.44. The van der Waals surface area contributed by atoms with Gasteiger partial charge in [-0.05, 0) is 48.6 Å². The van der Waals surface area contributed by atoms with E-state index in [9.17, 15) is 4.79 Å². The molecule has 2 aliphatic carbocycles. The first-order valence-electron chi connectivity index (χ1n) is 10.4. The Morgan fingerprint density at radius 1 is 1.24 bits per heavy atom. The van der Waals surface area contributed by atoms with E-state index in [0.717, 1.165) is 30.8 Å². The molecule has 29 heavy (non-hydrogen) atoms. The number of amides is 1. The Bertz CT molecular complexity index is 829. The number of halogens is 1. The van der Waals surface area contributed by atoms with Crippen molar-refractivity contribution in [3.8, 4) is 0 Å². The molecular formula is C22H32IN5O. The van der Waals surface area contributed by atoms with Crippen LogP contribution in [-0.2, 0) is 11.2 Å². The van der Waals surface area contributed by atoms with Crippen molar-refractivity contribution in [2.24, 2.45) is 16.8 Å². The Labute approximate surface area is 189 Å². The first-order valence-corrected chi connectivity index (χ1v) is 10.4. The molecule has 0 aliphatic heterocycles. The fourth-order valence-electron chi connectivity index (χ4n) is 4.62. The molecule has 6 nitrogen and oxygen atoms in total. The molecule has 1 aromatic heterocycles. The molecule has 1 amide bonds. The van der Waals surface area contributed by atoms with Crippen molar-refractivity contribution in [2.75, 3.05) is 27.2 Å². The van der Waals surface area contributed by atoms with Gasteiger partial charge in [0.1, 0.15) is 6.54 Å². The van der Waals surface area contributed by atoms with Gasteiger partial charge in [0.15, 0.2) is 5.96 Å². The number of likely N-dealkylation sites (N-methyl/N-ethyl adjacent to an activating group) is 1. The third kappa shape index (κ3) is 5.43. The Hall–Kier alpha value is -1.77. The Morgan fingerprint density at radius 2 is 2.07 bits per heavy atom. The molecular weight excluding hydrogens is 477 g/mol. The second-order valence-corrected chi connectivity index (χ2v) is 8.44. The number of guanidine groups is 1. The Kier molecular flexibility index (Phi) is 7.43. The predicted molar refractivity (Wildman–Crippen MR) is 129 cm³/mol. The number of carbonyl (C=O) groups excluding carboxylic acids is 1. The number of rotatable bonds is 6. The Balaban J connectivity index is 0.00000240. The molecule has 3 atom stereocenters. The number of hydrogen-bond acceptors (Lipinski definition) is 2. The van der Waals surface area contributed by atoms with Gasteiger partial charge >= 0.3 is 0 Å². The Morgan fingerprint density at radius 3 is 2.76 bits per heavy atom. The lowest BCUT2D eigenvalue weighted by atomic mass is 9.95. The molecule has 3 N–H and O–H groups in total. The van der Waals surface area contributed by atoms with E-state index in [-0.39, 0.29) is 36.4 Å². The van der Waals surface area contributed by atoms with Gasteiger partial charge < -0.3 is 20.5 Å². The smallest absolute Gasteiger partial charge is 0.243 e. The minimum Gasteiger partial charge on any atom is -0.358 e. The van der Waals surface area contributed by atoms with E-state index < -0.39 is 0 Å². The van der Waals surface area contributed by atoms with Crippen LogP contribution in [0.5, 0.6) is 0 Å². The topological polar surface area (TPSA) is 72.5 Å². The van der Waals surface area contributed by atoms with Crippen LogP contribution in [0.2, 0.25) is 0 Å². The highest BCUT2D eigenvalue weighted by Gasteiger charge is 2.39. The van der Waals surface area contributed by atoms with Crippen LogP contribution in [0, 0.1) is 11.8 Å². The number of benzene rings is 1. The molecule has 2 aliphatic rings. The first-order chi connectivity index (χ1) is 13.6. The second-order valence-electron chi connectivity index (χ2n) is 8.44. The standard InChI is InChI=1S/C22H31N5O.HI/c1-27(2)21(28)14-24-22(26-20-12-15-7-8-17(20)11-15)23-10-9-18-13-16-5-3-4-6-19(16)25-18;/h3-6,13,15,17,20,25H,7-12,14H2,1-2H3,(H2,23,24,26);1H. The van der Waals surface area contributed by atoms with Crippen molar-refractivity contribution >= 4 is 46.7 Å². The molecule has 2 fully saturated rings. The summed E-state index contributed by atoms with van der Waals surface area (Å²) in [6.45, 7) is 0.950. The van der Waals surface area contributed by atoms with E-state index in [0.29, 0.717) is 6.04 Å². The zero-order valence-corrected chi connectivity index (χ0v) is 19.6. The number of nitrogens with one attached hydrogen (secondary N) is 3. The van der Waals surface area contributed by atoms with Crippen LogP contribution in [0.1, 0.15) is 31.4 Å². The second kappa shape index (κ2) is 9.82. The maximum absolute atomic E-state index is 12.0. The van der Waals surface area contributed by atoms with Crippen LogP contribution in [0.4, 0.5) is 0 Å². The molecule has 1 heterocycles. The summed E-state index contributed by atoms with van der Waals surface area (Å²) >= 11 is 0. The number of carbonyl (C=O) groups is 1. The van der Waals surface area contributed by atoms with Gasteiger partial charge in [0.05, 0.1) is 0 Å². The maximum Gasteiger partial charge on any atom is 0.243 e.